The fraction of sp³-hybridized carbons (Fsp3) is 0.273. The summed E-state index contributed by atoms with van der Waals surface area (Å²) in [5, 5.41) is 21.6. The van der Waals surface area contributed by atoms with Crippen molar-refractivity contribution < 1.29 is 9.90 Å². The fourth-order valence-corrected chi connectivity index (χ4v) is 3.75. The molecule has 0 saturated heterocycles. The molecule has 0 fully saturated rings. The number of benzene rings is 2. The predicted molar refractivity (Wildman–Crippen MR) is 112 cm³/mol. The van der Waals surface area contributed by atoms with Gasteiger partial charge in [-0.3, -0.25) is 0 Å². The van der Waals surface area contributed by atoms with E-state index in [1.54, 1.807) is 12.1 Å². The smallest absolute Gasteiger partial charge is 0.336 e. The number of nitrogens with zero attached hydrogens (tertiary/aromatic N) is 4. The Labute approximate surface area is 169 Å². The zero-order valence-corrected chi connectivity index (χ0v) is 16.5. The number of aromatic carboxylic acids is 1. The van der Waals surface area contributed by atoms with Gasteiger partial charge in [0.25, 0.3) is 5.95 Å². The molecule has 29 heavy (non-hydrogen) atoms. The van der Waals surface area contributed by atoms with Gasteiger partial charge in [0.05, 0.1) is 5.56 Å². The standard InChI is InChI=1S/C22H23N5O2/c1-3-18-20(23-13-15-8-5-4-6-9-15)24-22(26-25-18)27-14(2)12-17-16(21(28)29)10-7-11-19(17)27/h4-11,14H,3,12-13H2,1-2H3,(H,28,29)(H,23,24,26). The minimum atomic E-state index is -0.915. The molecule has 1 aliphatic rings. The zero-order chi connectivity index (χ0) is 20.4. The maximum Gasteiger partial charge on any atom is 0.336 e. The Morgan fingerprint density at radius 2 is 1.97 bits per heavy atom. The molecule has 3 aromatic rings. The van der Waals surface area contributed by atoms with E-state index in [1.165, 1.54) is 0 Å². The van der Waals surface area contributed by atoms with Crippen LogP contribution in [-0.4, -0.2) is 32.3 Å². The molecule has 0 amide bonds. The maximum absolute atomic E-state index is 11.6. The molecule has 0 bridgehead atoms. The highest BCUT2D eigenvalue weighted by molar-refractivity contribution is 5.92. The van der Waals surface area contributed by atoms with E-state index in [9.17, 15) is 9.90 Å². The summed E-state index contributed by atoms with van der Waals surface area (Å²) in [4.78, 5) is 18.3. The van der Waals surface area contributed by atoms with Crippen LogP contribution < -0.4 is 10.2 Å². The number of aromatic nitrogens is 3. The van der Waals surface area contributed by atoms with Gasteiger partial charge in [0.2, 0.25) is 0 Å². The van der Waals surface area contributed by atoms with Crippen molar-refractivity contribution in [3.63, 3.8) is 0 Å². The number of carboxylic acid groups (broad SMARTS) is 1. The van der Waals surface area contributed by atoms with Crippen LogP contribution >= 0.6 is 0 Å². The van der Waals surface area contributed by atoms with Crippen LogP contribution in [0.1, 0.15) is 41.0 Å². The zero-order valence-electron chi connectivity index (χ0n) is 16.5. The summed E-state index contributed by atoms with van der Waals surface area (Å²) in [7, 11) is 0. The largest absolute Gasteiger partial charge is 0.478 e. The Morgan fingerprint density at radius 1 is 1.17 bits per heavy atom. The van der Waals surface area contributed by atoms with Crippen molar-refractivity contribution in [3.8, 4) is 0 Å². The van der Waals surface area contributed by atoms with E-state index >= 15 is 0 Å². The lowest BCUT2D eigenvalue weighted by Gasteiger charge is -2.23. The first-order valence-corrected chi connectivity index (χ1v) is 9.74. The number of hydrogen-bond acceptors (Lipinski definition) is 6. The van der Waals surface area contributed by atoms with Gasteiger partial charge in [0.1, 0.15) is 5.69 Å². The number of hydrogen-bond donors (Lipinski definition) is 2. The van der Waals surface area contributed by atoms with Gasteiger partial charge in [-0.25, -0.2) is 4.79 Å². The highest BCUT2D eigenvalue weighted by Crippen LogP contribution is 2.38. The van der Waals surface area contributed by atoms with Gasteiger partial charge in [0.15, 0.2) is 5.82 Å². The average Bonchev–Trinajstić information content (AvgIpc) is 3.08. The fourth-order valence-electron chi connectivity index (χ4n) is 3.75. The van der Waals surface area contributed by atoms with Crippen molar-refractivity contribution >= 4 is 23.4 Å². The number of rotatable bonds is 6. The molecule has 2 N–H and O–H groups in total. The second-order valence-electron chi connectivity index (χ2n) is 7.13. The number of anilines is 3. The molecule has 148 valence electrons. The molecule has 4 rings (SSSR count). The first-order chi connectivity index (χ1) is 14.1. The van der Waals surface area contributed by atoms with Crippen LogP contribution in [0, 0.1) is 0 Å². The van der Waals surface area contributed by atoms with Gasteiger partial charge in [0, 0.05) is 18.3 Å². The molecule has 0 spiro atoms. The van der Waals surface area contributed by atoms with Gasteiger partial charge in [-0.1, -0.05) is 43.3 Å². The van der Waals surface area contributed by atoms with Gasteiger partial charge >= 0.3 is 5.97 Å². The minimum absolute atomic E-state index is 0.0433. The van der Waals surface area contributed by atoms with Crippen LogP contribution in [0.15, 0.2) is 48.5 Å². The molecule has 1 atom stereocenters. The van der Waals surface area contributed by atoms with Crippen LogP contribution in [0.4, 0.5) is 17.5 Å². The SMILES string of the molecule is CCc1nnc(N2c3cccc(C(=O)O)c3CC2C)nc1NCc1ccccc1. The molecule has 0 saturated carbocycles. The first kappa shape index (κ1) is 18.9. The van der Waals surface area contributed by atoms with Crippen molar-refractivity contribution in [3.05, 3.63) is 70.9 Å². The predicted octanol–water partition coefficient (Wildman–Crippen LogP) is 3.83. The summed E-state index contributed by atoms with van der Waals surface area (Å²) in [6, 6.07) is 15.5. The van der Waals surface area contributed by atoms with E-state index in [0.29, 0.717) is 36.7 Å². The third-order valence-corrected chi connectivity index (χ3v) is 5.18. The lowest BCUT2D eigenvalue weighted by atomic mass is 10.0. The number of nitrogens with one attached hydrogen (secondary N) is 1. The van der Waals surface area contributed by atoms with Crippen molar-refractivity contribution in [1.29, 1.82) is 0 Å². The van der Waals surface area contributed by atoms with Crippen LogP contribution in [-0.2, 0) is 19.4 Å². The van der Waals surface area contributed by atoms with Crippen molar-refractivity contribution in [2.24, 2.45) is 0 Å². The van der Waals surface area contributed by atoms with Crippen LogP contribution in [0.5, 0.6) is 0 Å². The Hall–Kier alpha value is -3.48. The number of aryl methyl sites for hydroxylation is 1. The first-order valence-electron chi connectivity index (χ1n) is 9.74. The lowest BCUT2D eigenvalue weighted by molar-refractivity contribution is 0.0696. The van der Waals surface area contributed by atoms with Crippen molar-refractivity contribution in [2.75, 3.05) is 10.2 Å². The van der Waals surface area contributed by atoms with Crippen molar-refractivity contribution in [2.45, 2.75) is 39.3 Å². The second-order valence-corrected chi connectivity index (χ2v) is 7.13. The Morgan fingerprint density at radius 3 is 2.69 bits per heavy atom. The highest BCUT2D eigenvalue weighted by Gasteiger charge is 2.32. The number of carboxylic acids is 1. The van der Waals surface area contributed by atoms with E-state index in [4.69, 9.17) is 4.98 Å². The molecular formula is C22H23N5O2. The molecule has 7 nitrogen and oxygen atoms in total. The molecule has 2 aromatic carbocycles. The Kier molecular flexibility index (Phi) is 5.12. The monoisotopic (exact) mass is 389 g/mol. The molecule has 2 heterocycles. The molecule has 7 heteroatoms. The maximum atomic E-state index is 11.6. The van der Waals surface area contributed by atoms with E-state index in [2.05, 4.69) is 27.6 Å². The molecular weight excluding hydrogens is 366 g/mol. The van der Waals surface area contributed by atoms with Gasteiger partial charge in [-0.2, -0.15) is 4.98 Å². The third-order valence-electron chi connectivity index (χ3n) is 5.18. The molecule has 0 aliphatic carbocycles. The highest BCUT2D eigenvalue weighted by atomic mass is 16.4. The number of fused-ring (bicyclic) bond motifs is 1. The van der Waals surface area contributed by atoms with Crippen LogP contribution in [0.2, 0.25) is 0 Å². The van der Waals surface area contributed by atoms with E-state index < -0.39 is 5.97 Å². The molecule has 1 unspecified atom stereocenters. The van der Waals surface area contributed by atoms with E-state index in [1.807, 2.05) is 43.0 Å². The average molecular weight is 389 g/mol. The molecule has 0 radical (unpaired) electrons. The summed E-state index contributed by atoms with van der Waals surface area (Å²) in [5.74, 6) is 0.268. The second kappa shape index (κ2) is 7.87. The third kappa shape index (κ3) is 3.63. The van der Waals surface area contributed by atoms with Gasteiger partial charge in [-0.15, -0.1) is 10.2 Å². The van der Waals surface area contributed by atoms with E-state index in [0.717, 1.165) is 22.5 Å². The molecule has 1 aromatic heterocycles. The molecule has 1 aliphatic heterocycles. The summed E-state index contributed by atoms with van der Waals surface area (Å²) in [6.45, 7) is 4.70. The van der Waals surface area contributed by atoms with Gasteiger partial charge in [-0.05, 0) is 43.0 Å². The Balaban J connectivity index is 1.68. The Bertz CT molecular complexity index is 1040. The summed E-state index contributed by atoms with van der Waals surface area (Å²) in [5.41, 5.74) is 3.93. The number of carbonyl (C=O) groups is 1. The summed E-state index contributed by atoms with van der Waals surface area (Å²) >= 11 is 0. The van der Waals surface area contributed by atoms with Gasteiger partial charge < -0.3 is 15.3 Å². The lowest BCUT2D eigenvalue weighted by Crippen LogP contribution is -2.27. The van der Waals surface area contributed by atoms with E-state index in [-0.39, 0.29) is 6.04 Å². The van der Waals surface area contributed by atoms with Crippen LogP contribution in [0.3, 0.4) is 0 Å². The summed E-state index contributed by atoms with van der Waals surface area (Å²) < 4.78 is 0. The topological polar surface area (TPSA) is 91.2 Å². The normalized spacial score (nSPS) is 15.2. The summed E-state index contributed by atoms with van der Waals surface area (Å²) in [6.07, 6.45) is 1.34. The minimum Gasteiger partial charge on any atom is -0.478 e. The van der Waals surface area contributed by atoms with Crippen molar-refractivity contribution in [1.82, 2.24) is 15.2 Å². The quantitative estimate of drug-likeness (QED) is 0.662. The van der Waals surface area contributed by atoms with Crippen LogP contribution in [0.25, 0.3) is 0 Å².